The van der Waals surface area contributed by atoms with Crippen LogP contribution in [0, 0.1) is 5.92 Å². The largest absolute Gasteiger partial charge is 0.394 e. The van der Waals surface area contributed by atoms with Crippen molar-refractivity contribution in [1.29, 1.82) is 0 Å². The van der Waals surface area contributed by atoms with Gasteiger partial charge in [-0.15, -0.1) is 0 Å². The smallest absolute Gasteiger partial charge is 0.258 e. The van der Waals surface area contributed by atoms with Crippen molar-refractivity contribution >= 4 is 5.91 Å². The Balaban J connectivity index is 2.17. The second-order valence-electron chi connectivity index (χ2n) is 2.94. The van der Waals surface area contributed by atoms with Gasteiger partial charge in [-0.1, -0.05) is 0 Å². The van der Waals surface area contributed by atoms with Crippen LogP contribution in [0.2, 0.25) is 0 Å². The van der Waals surface area contributed by atoms with Gasteiger partial charge in [-0.05, 0) is 6.42 Å². The van der Waals surface area contributed by atoms with Crippen LogP contribution in [-0.4, -0.2) is 29.3 Å². The predicted molar refractivity (Wildman–Crippen MR) is 31.0 cm³/mol. The first-order chi connectivity index (χ1) is 4.68. The molecule has 2 fully saturated rings. The van der Waals surface area contributed by atoms with Gasteiger partial charge in [0.2, 0.25) is 0 Å². The van der Waals surface area contributed by atoms with Crippen molar-refractivity contribution in [3.8, 4) is 0 Å². The lowest BCUT2D eigenvalue weighted by molar-refractivity contribution is -0.125. The number of alkyl halides is 1. The highest BCUT2D eigenvalue weighted by molar-refractivity contribution is 5.92. The molecule has 1 saturated heterocycles. The number of amides is 1. The van der Waals surface area contributed by atoms with Crippen LogP contribution in [0.25, 0.3) is 0 Å². The van der Waals surface area contributed by atoms with E-state index in [1.54, 1.807) is 0 Å². The van der Waals surface area contributed by atoms with Gasteiger partial charge in [0.15, 0.2) is 5.67 Å². The highest BCUT2D eigenvalue weighted by atomic mass is 19.1. The summed E-state index contributed by atoms with van der Waals surface area (Å²) in [5, 5.41) is 11.0. The van der Waals surface area contributed by atoms with Gasteiger partial charge in [-0.25, -0.2) is 4.39 Å². The standard InChI is InChI=1S/C6H8FNO2/c7-6-1-3(6)4(2-9)8-5(6)10/h3-4,9H,1-2H2,(H,8,10)/t3?,4?,6-/m0/s1. The Morgan fingerprint density at radius 2 is 2.60 bits per heavy atom. The van der Waals surface area contributed by atoms with Gasteiger partial charge >= 0.3 is 0 Å². The molecule has 1 aliphatic carbocycles. The van der Waals surface area contributed by atoms with Crippen LogP contribution in [0.4, 0.5) is 4.39 Å². The van der Waals surface area contributed by atoms with Crippen LogP contribution in [-0.2, 0) is 4.79 Å². The SMILES string of the molecule is O=C1NC(CO)C2C[C@@]12F. The number of aliphatic hydroxyl groups excluding tert-OH is 1. The fourth-order valence-electron chi connectivity index (χ4n) is 1.55. The van der Waals surface area contributed by atoms with E-state index in [1.807, 2.05) is 0 Å². The second kappa shape index (κ2) is 1.50. The minimum atomic E-state index is -1.62. The monoisotopic (exact) mass is 145 g/mol. The molecule has 1 amide bonds. The Labute approximate surface area is 57.2 Å². The molecule has 1 saturated carbocycles. The molecule has 1 heterocycles. The van der Waals surface area contributed by atoms with Crippen LogP contribution in [0.1, 0.15) is 6.42 Å². The third-order valence-electron chi connectivity index (χ3n) is 2.32. The van der Waals surface area contributed by atoms with Crippen LogP contribution >= 0.6 is 0 Å². The molecule has 2 aliphatic rings. The molecule has 0 aromatic carbocycles. The maximum atomic E-state index is 13.0. The summed E-state index contributed by atoms with van der Waals surface area (Å²) in [6.07, 6.45) is 0.296. The van der Waals surface area contributed by atoms with Crippen molar-refractivity contribution in [2.75, 3.05) is 6.61 Å². The molecule has 1 aliphatic heterocycles. The fourth-order valence-corrected chi connectivity index (χ4v) is 1.55. The zero-order valence-electron chi connectivity index (χ0n) is 5.30. The van der Waals surface area contributed by atoms with Crippen molar-refractivity contribution < 1.29 is 14.3 Å². The van der Waals surface area contributed by atoms with Crippen molar-refractivity contribution in [3.63, 3.8) is 0 Å². The summed E-state index contributed by atoms with van der Waals surface area (Å²) in [6.45, 7) is -0.151. The van der Waals surface area contributed by atoms with E-state index in [0.29, 0.717) is 6.42 Å². The zero-order chi connectivity index (χ0) is 7.35. The summed E-state index contributed by atoms with van der Waals surface area (Å²) >= 11 is 0. The molecular weight excluding hydrogens is 137 g/mol. The van der Waals surface area contributed by atoms with E-state index in [1.165, 1.54) is 0 Å². The first kappa shape index (κ1) is 6.09. The fraction of sp³-hybridized carbons (Fsp3) is 0.833. The average molecular weight is 145 g/mol. The summed E-state index contributed by atoms with van der Waals surface area (Å²) < 4.78 is 13.0. The molecule has 3 atom stereocenters. The van der Waals surface area contributed by atoms with E-state index < -0.39 is 11.6 Å². The third-order valence-corrected chi connectivity index (χ3v) is 2.32. The van der Waals surface area contributed by atoms with E-state index in [-0.39, 0.29) is 18.6 Å². The molecule has 2 rings (SSSR count). The number of hydrogen-bond donors (Lipinski definition) is 2. The van der Waals surface area contributed by atoms with E-state index in [9.17, 15) is 9.18 Å². The van der Waals surface area contributed by atoms with E-state index in [0.717, 1.165) is 0 Å². The lowest BCUT2D eigenvalue weighted by Gasteiger charge is -2.06. The molecule has 2 N–H and O–H groups in total. The Bertz CT molecular complexity index is 196. The van der Waals surface area contributed by atoms with E-state index in [2.05, 4.69) is 5.32 Å². The molecule has 4 heteroatoms. The molecule has 3 nitrogen and oxygen atoms in total. The molecule has 10 heavy (non-hydrogen) atoms. The lowest BCUT2D eigenvalue weighted by atomic mass is 10.2. The summed E-state index contributed by atoms with van der Waals surface area (Å²) in [5.41, 5.74) is -1.62. The van der Waals surface area contributed by atoms with Gasteiger partial charge < -0.3 is 10.4 Å². The zero-order valence-corrected chi connectivity index (χ0v) is 5.30. The van der Waals surface area contributed by atoms with Gasteiger partial charge in [0.05, 0.1) is 12.6 Å². The molecule has 0 aromatic heterocycles. The van der Waals surface area contributed by atoms with Crippen molar-refractivity contribution in [1.82, 2.24) is 5.32 Å². The number of carbonyl (C=O) groups excluding carboxylic acids is 1. The Kier molecular flexibility index (Phi) is 0.916. The molecule has 0 bridgehead atoms. The normalized spacial score (nSPS) is 50.4. The van der Waals surface area contributed by atoms with E-state index >= 15 is 0 Å². The molecule has 2 unspecified atom stereocenters. The minimum Gasteiger partial charge on any atom is -0.394 e. The topological polar surface area (TPSA) is 49.3 Å². The first-order valence-electron chi connectivity index (χ1n) is 3.29. The minimum absolute atomic E-state index is 0.151. The number of nitrogens with one attached hydrogen (secondary N) is 1. The van der Waals surface area contributed by atoms with Crippen molar-refractivity contribution in [2.24, 2.45) is 5.92 Å². The molecule has 0 spiro atoms. The van der Waals surface area contributed by atoms with Gasteiger partial charge in [0.1, 0.15) is 0 Å². The molecule has 0 aromatic rings. The first-order valence-corrected chi connectivity index (χ1v) is 3.29. The Morgan fingerprint density at radius 1 is 1.90 bits per heavy atom. The van der Waals surface area contributed by atoms with Crippen LogP contribution < -0.4 is 5.32 Å². The number of carbonyl (C=O) groups is 1. The van der Waals surface area contributed by atoms with Gasteiger partial charge in [0, 0.05) is 5.92 Å². The number of halogens is 1. The lowest BCUT2D eigenvalue weighted by Crippen LogP contribution is -2.34. The average Bonchev–Trinajstić information content (AvgIpc) is 2.52. The van der Waals surface area contributed by atoms with Crippen LogP contribution in [0.15, 0.2) is 0 Å². The van der Waals surface area contributed by atoms with Gasteiger partial charge in [-0.2, -0.15) is 0 Å². The van der Waals surface area contributed by atoms with E-state index in [4.69, 9.17) is 5.11 Å². The summed E-state index contributed by atoms with van der Waals surface area (Å²) in [4.78, 5) is 10.7. The van der Waals surface area contributed by atoms with Gasteiger partial charge in [-0.3, -0.25) is 4.79 Å². The molecular formula is C6H8FNO2. The van der Waals surface area contributed by atoms with Crippen LogP contribution in [0.5, 0.6) is 0 Å². The quantitative estimate of drug-likeness (QED) is 0.507. The highest BCUT2D eigenvalue weighted by Gasteiger charge is 2.69. The molecule has 0 radical (unpaired) electrons. The van der Waals surface area contributed by atoms with Crippen molar-refractivity contribution in [3.05, 3.63) is 0 Å². The maximum absolute atomic E-state index is 13.0. The number of rotatable bonds is 1. The van der Waals surface area contributed by atoms with Crippen molar-refractivity contribution in [2.45, 2.75) is 18.1 Å². The van der Waals surface area contributed by atoms with Crippen LogP contribution in [0.3, 0.4) is 0 Å². The summed E-state index contributed by atoms with van der Waals surface area (Å²) in [6, 6.07) is -0.336. The maximum Gasteiger partial charge on any atom is 0.258 e. The summed E-state index contributed by atoms with van der Waals surface area (Å²) in [5.74, 6) is -0.804. The predicted octanol–water partition coefficient (Wildman–Crippen LogP) is -0.795. The Morgan fingerprint density at radius 3 is 2.80 bits per heavy atom. The third kappa shape index (κ3) is 0.502. The number of piperidine rings is 1. The summed E-state index contributed by atoms with van der Waals surface area (Å²) in [7, 11) is 0. The number of aliphatic hydroxyl groups is 1. The Hall–Kier alpha value is -0.640. The molecule has 56 valence electrons. The highest BCUT2D eigenvalue weighted by Crippen LogP contribution is 2.53. The number of hydrogen-bond acceptors (Lipinski definition) is 2. The second-order valence-corrected chi connectivity index (χ2v) is 2.94. The number of fused-ring (bicyclic) bond motifs is 1. The van der Waals surface area contributed by atoms with Gasteiger partial charge in [0.25, 0.3) is 5.91 Å².